The highest BCUT2D eigenvalue weighted by Crippen LogP contribution is 2.14. The van der Waals surface area contributed by atoms with E-state index in [-0.39, 0.29) is 0 Å². The van der Waals surface area contributed by atoms with Gasteiger partial charge in [0, 0.05) is 45.6 Å². The normalized spacial score (nSPS) is 13.1. The van der Waals surface area contributed by atoms with E-state index in [0.29, 0.717) is 6.04 Å². The molecule has 0 saturated heterocycles. The molecule has 1 N–H and O–H groups in total. The first kappa shape index (κ1) is 20.3. The van der Waals surface area contributed by atoms with Gasteiger partial charge in [0.05, 0.1) is 11.6 Å². The Bertz CT molecular complexity index is 708. The van der Waals surface area contributed by atoms with Crippen LogP contribution < -0.4 is 5.32 Å². The first-order valence-corrected chi connectivity index (χ1v) is 9.21. The van der Waals surface area contributed by atoms with Crippen molar-refractivity contribution in [1.82, 2.24) is 19.7 Å². The number of rotatable bonds is 7. The van der Waals surface area contributed by atoms with E-state index >= 15 is 0 Å². The van der Waals surface area contributed by atoms with E-state index in [1.54, 1.807) is 0 Å². The zero-order chi connectivity index (χ0) is 19.1. The van der Waals surface area contributed by atoms with Crippen molar-refractivity contribution < 1.29 is 0 Å². The van der Waals surface area contributed by atoms with Crippen LogP contribution in [0.1, 0.15) is 11.3 Å². The summed E-state index contributed by atoms with van der Waals surface area (Å²) in [5.41, 5.74) is 2.49. The Labute approximate surface area is 162 Å². The van der Waals surface area contributed by atoms with Crippen LogP contribution in [0.15, 0.2) is 47.6 Å². The highest BCUT2D eigenvalue weighted by Gasteiger charge is 2.15. The fraction of sp³-hybridized carbons (Fsp3) is 0.450. The minimum absolute atomic E-state index is 0.382. The topological polar surface area (TPSA) is 35.8 Å². The Morgan fingerprint density at radius 2 is 1.92 bits per heavy atom. The van der Waals surface area contributed by atoms with Crippen molar-refractivity contribution in [1.29, 1.82) is 0 Å². The summed E-state index contributed by atoms with van der Waals surface area (Å²) in [6.45, 7) is 1.57. The molecule has 0 radical (unpaired) electrons. The maximum atomic E-state index is 6.09. The van der Waals surface area contributed by atoms with Gasteiger partial charge in [0.2, 0.25) is 0 Å². The van der Waals surface area contributed by atoms with Crippen LogP contribution in [0, 0.1) is 0 Å². The Morgan fingerprint density at radius 1 is 1.23 bits per heavy atom. The highest BCUT2D eigenvalue weighted by atomic mass is 35.5. The predicted molar refractivity (Wildman–Crippen MR) is 111 cm³/mol. The van der Waals surface area contributed by atoms with Crippen LogP contribution >= 0.6 is 11.6 Å². The second-order valence-corrected chi connectivity index (χ2v) is 7.29. The fourth-order valence-electron chi connectivity index (χ4n) is 2.96. The number of likely N-dealkylation sites (N-methyl/N-ethyl adjacent to an activating group) is 1. The molecule has 5 nitrogen and oxygen atoms in total. The third kappa shape index (κ3) is 5.78. The maximum absolute atomic E-state index is 6.09. The van der Waals surface area contributed by atoms with Gasteiger partial charge in [-0.1, -0.05) is 41.9 Å². The number of hydrogen-bond acceptors (Lipinski definition) is 2. The van der Waals surface area contributed by atoms with E-state index in [2.05, 4.69) is 64.5 Å². The lowest BCUT2D eigenvalue weighted by Gasteiger charge is -2.28. The Balaban J connectivity index is 1.96. The smallest absolute Gasteiger partial charge is 0.193 e. The summed E-state index contributed by atoms with van der Waals surface area (Å²) in [6.07, 6.45) is 2.91. The lowest BCUT2D eigenvalue weighted by atomic mass is 10.1. The monoisotopic (exact) mass is 375 g/mol. The van der Waals surface area contributed by atoms with Gasteiger partial charge in [-0.15, -0.1) is 0 Å². The summed E-state index contributed by atoms with van der Waals surface area (Å²) >= 11 is 6.09. The summed E-state index contributed by atoms with van der Waals surface area (Å²) in [5.74, 6) is 0.877. The van der Waals surface area contributed by atoms with Gasteiger partial charge in [0.1, 0.15) is 0 Å². The fourth-order valence-corrected chi connectivity index (χ4v) is 3.23. The number of nitrogens with zero attached hydrogens (tertiary/aromatic N) is 4. The summed E-state index contributed by atoms with van der Waals surface area (Å²) in [6, 6.07) is 13.0. The highest BCUT2D eigenvalue weighted by molar-refractivity contribution is 6.30. The van der Waals surface area contributed by atoms with E-state index in [1.165, 1.54) is 5.56 Å². The molecule has 0 saturated carbocycles. The van der Waals surface area contributed by atoms with Gasteiger partial charge in [-0.25, -0.2) is 0 Å². The molecule has 26 heavy (non-hydrogen) atoms. The molecule has 2 aromatic rings. The SMILES string of the molecule is CN=C(NCC(Cc1ccccc1)N(C)C)N(C)Cc1cc(Cl)cn1C. The Morgan fingerprint density at radius 3 is 2.46 bits per heavy atom. The predicted octanol–water partition coefficient (Wildman–Crippen LogP) is 2.86. The molecule has 1 atom stereocenters. The number of aliphatic imine (C=N–C) groups is 1. The van der Waals surface area contributed by atoms with E-state index in [9.17, 15) is 0 Å². The molecule has 0 spiro atoms. The molecule has 0 aliphatic heterocycles. The van der Waals surface area contributed by atoms with Crippen LogP contribution in [0.25, 0.3) is 0 Å². The molecule has 1 unspecified atom stereocenters. The van der Waals surface area contributed by atoms with Gasteiger partial charge in [-0.2, -0.15) is 0 Å². The van der Waals surface area contributed by atoms with Crippen molar-refractivity contribution in [2.24, 2.45) is 12.0 Å². The largest absolute Gasteiger partial charge is 0.355 e. The van der Waals surface area contributed by atoms with Gasteiger partial charge in [0.15, 0.2) is 5.96 Å². The molecule has 0 aliphatic carbocycles. The number of hydrogen-bond donors (Lipinski definition) is 1. The second-order valence-electron chi connectivity index (χ2n) is 6.85. The summed E-state index contributed by atoms with van der Waals surface area (Å²) in [5, 5.41) is 4.27. The standard InChI is InChI=1S/C20H30ClN5/c1-22-20(26(5)15-19-12-17(21)14-25(19)4)23-13-18(24(2)3)11-16-9-7-6-8-10-16/h6-10,12,14,18H,11,13,15H2,1-5H3,(H,22,23). The third-order valence-corrected chi connectivity index (χ3v) is 4.79. The van der Waals surface area contributed by atoms with Crippen molar-refractivity contribution >= 4 is 17.6 Å². The molecule has 0 aliphatic rings. The van der Waals surface area contributed by atoms with Gasteiger partial charge in [-0.05, 0) is 32.1 Å². The average molecular weight is 376 g/mol. The lowest BCUT2D eigenvalue weighted by Crippen LogP contribution is -2.46. The minimum atomic E-state index is 0.382. The van der Waals surface area contributed by atoms with Gasteiger partial charge in [-0.3, -0.25) is 4.99 Å². The van der Waals surface area contributed by atoms with Crippen LogP contribution in [0.4, 0.5) is 0 Å². The quantitative estimate of drug-likeness (QED) is 0.597. The van der Waals surface area contributed by atoms with Crippen LogP contribution in [0.3, 0.4) is 0 Å². The molecule has 142 valence electrons. The van der Waals surface area contributed by atoms with Crippen LogP contribution in [-0.4, -0.2) is 61.1 Å². The van der Waals surface area contributed by atoms with Crippen LogP contribution in [0.2, 0.25) is 5.02 Å². The van der Waals surface area contributed by atoms with Crippen molar-refractivity contribution in [3.05, 3.63) is 58.9 Å². The van der Waals surface area contributed by atoms with Crippen molar-refractivity contribution in [3.63, 3.8) is 0 Å². The number of aromatic nitrogens is 1. The zero-order valence-corrected chi connectivity index (χ0v) is 17.2. The van der Waals surface area contributed by atoms with E-state index in [0.717, 1.165) is 36.2 Å². The summed E-state index contributed by atoms with van der Waals surface area (Å²) in [4.78, 5) is 8.80. The van der Waals surface area contributed by atoms with Gasteiger partial charge < -0.3 is 19.7 Å². The average Bonchev–Trinajstić information content (AvgIpc) is 2.92. The van der Waals surface area contributed by atoms with Crippen molar-refractivity contribution in [3.8, 4) is 0 Å². The number of nitrogens with one attached hydrogen (secondary N) is 1. The molecule has 0 bridgehead atoms. The van der Waals surface area contributed by atoms with E-state index in [1.807, 2.05) is 38.0 Å². The van der Waals surface area contributed by atoms with E-state index in [4.69, 9.17) is 11.6 Å². The first-order valence-electron chi connectivity index (χ1n) is 8.83. The van der Waals surface area contributed by atoms with Crippen molar-refractivity contribution in [2.45, 2.75) is 19.0 Å². The maximum Gasteiger partial charge on any atom is 0.193 e. The number of halogens is 1. The third-order valence-electron chi connectivity index (χ3n) is 4.59. The molecule has 6 heteroatoms. The molecule has 1 aromatic heterocycles. The number of guanidine groups is 1. The lowest BCUT2D eigenvalue weighted by molar-refractivity contribution is 0.287. The van der Waals surface area contributed by atoms with Crippen LogP contribution in [-0.2, 0) is 20.0 Å². The zero-order valence-electron chi connectivity index (χ0n) is 16.4. The van der Waals surface area contributed by atoms with Gasteiger partial charge >= 0.3 is 0 Å². The molecule has 1 heterocycles. The summed E-state index contributed by atoms with van der Waals surface area (Å²) < 4.78 is 2.05. The van der Waals surface area contributed by atoms with Crippen LogP contribution in [0.5, 0.6) is 0 Å². The Kier molecular flexibility index (Phi) is 7.54. The summed E-state index contributed by atoms with van der Waals surface area (Å²) in [7, 11) is 10.1. The first-order chi connectivity index (χ1) is 12.4. The minimum Gasteiger partial charge on any atom is -0.355 e. The number of benzene rings is 1. The molecule has 1 aromatic carbocycles. The van der Waals surface area contributed by atoms with Crippen molar-refractivity contribution in [2.75, 3.05) is 34.7 Å². The van der Waals surface area contributed by atoms with E-state index < -0.39 is 0 Å². The molecular weight excluding hydrogens is 346 g/mol. The second kappa shape index (κ2) is 9.64. The number of aryl methyl sites for hydroxylation is 1. The molecule has 0 fully saturated rings. The Hall–Kier alpha value is -1.98. The molecule has 2 rings (SSSR count). The molecule has 0 amide bonds. The molecular formula is C20H30ClN5. The van der Waals surface area contributed by atoms with Gasteiger partial charge in [0.25, 0.3) is 0 Å².